The first-order valence-electron chi connectivity index (χ1n) is 6.45. The van der Waals surface area contributed by atoms with Crippen molar-refractivity contribution >= 4 is 27.4 Å². The van der Waals surface area contributed by atoms with Crippen LogP contribution in [0.25, 0.3) is 0 Å². The molecular formula is C13H22O6Ti. The molecule has 0 radical (unpaired) electrons. The molecule has 0 heterocycles. The minimum atomic E-state index is -5.74. The molecule has 6 nitrogen and oxygen atoms in total. The molecule has 2 N–H and O–H groups in total. The Hall–Kier alpha value is -0.816. The fourth-order valence-corrected chi connectivity index (χ4v) is 9.18. The molecule has 0 unspecified atom stereocenters. The van der Waals surface area contributed by atoms with Gasteiger partial charge in [0.1, 0.15) is 0 Å². The van der Waals surface area contributed by atoms with E-state index >= 15 is 0 Å². The summed E-state index contributed by atoms with van der Waals surface area (Å²) in [6, 6.07) is 0. The van der Waals surface area contributed by atoms with Crippen molar-refractivity contribution in [2.24, 2.45) is 0 Å². The summed E-state index contributed by atoms with van der Waals surface area (Å²) < 4.78 is 20.3. The summed E-state index contributed by atoms with van der Waals surface area (Å²) in [5.74, 6) is -2.39. The number of carbonyl (C=O) groups excluding carboxylic acids is 4. The summed E-state index contributed by atoms with van der Waals surface area (Å²) in [7, 11) is 0. The third-order valence-corrected chi connectivity index (χ3v) is 10.1. The van der Waals surface area contributed by atoms with E-state index in [9.17, 15) is 26.6 Å². The van der Waals surface area contributed by atoms with E-state index in [0.29, 0.717) is 0 Å². The van der Waals surface area contributed by atoms with Gasteiger partial charge < -0.3 is 0 Å². The molecule has 0 aromatic carbocycles. The molecule has 0 saturated carbocycles. The summed E-state index contributed by atoms with van der Waals surface area (Å²) in [5.41, 5.74) is 0. The molecule has 0 fully saturated rings. The molecule has 0 rings (SSSR count). The van der Waals surface area contributed by atoms with Crippen LogP contribution in [-0.2, 0) is 34.8 Å². The zero-order valence-corrected chi connectivity index (χ0v) is 13.9. The van der Waals surface area contributed by atoms with Gasteiger partial charge in [-0.05, 0) is 0 Å². The van der Waals surface area contributed by atoms with Crippen molar-refractivity contribution in [2.75, 3.05) is 0 Å². The molecule has 0 saturated heterocycles. The van der Waals surface area contributed by atoms with Crippen LogP contribution in [0, 0.1) is 0 Å². The summed E-state index contributed by atoms with van der Waals surface area (Å²) in [4.78, 5) is 45.9. The van der Waals surface area contributed by atoms with Gasteiger partial charge in [0.05, 0.1) is 0 Å². The fraction of sp³-hybridized carbons (Fsp3) is 0.615. The van der Waals surface area contributed by atoms with Crippen molar-refractivity contribution in [3.8, 4) is 0 Å². The van der Waals surface area contributed by atoms with Gasteiger partial charge in [-0.1, -0.05) is 0 Å². The van der Waals surface area contributed by atoms with Crippen LogP contribution in [0.4, 0.5) is 0 Å². The second kappa shape index (κ2) is 6.76. The third kappa shape index (κ3) is 4.94. The van der Waals surface area contributed by atoms with E-state index < -0.39 is 54.1 Å². The van der Waals surface area contributed by atoms with Crippen molar-refractivity contribution < 1.29 is 42.2 Å². The molecule has 7 heteroatoms. The van der Waals surface area contributed by atoms with Crippen LogP contribution in [0.15, 0.2) is 0 Å². The van der Waals surface area contributed by atoms with Gasteiger partial charge in [-0.25, -0.2) is 0 Å². The van der Waals surface area contributed by atoms with Crippen LogP contribution in [0.1, 0.15) is 40.5 Å². The van der Waals surface area contributed by atoms with E-state index in [-0.39, 0.29) is 6.42 Å². The number of rotatable bonds is 8. The maximum absolute atomic E-state index is 11.8. The average Bonchev–Trinajstić information content (AvgIpc) is 2.11. The summed E-state index contributed by atoms with van der Waals surface area (Å²) >= 11 is -5.74. The molecule has 114 valence electrons. The number of hydrogen-bond donors (Lipinski definition) is 2. The summed E-state index contributed by atoms with van der Waals surface area (Å²) in [5, 5.41) is 0. The fourth-order valence-electron chi connectivity index (χ4n) is 2.65. The molecule has 0 amide bonds. The van der Waals surface area contributed by atoms with E-state index in [1.807, 2.05) is 0 Å². The van der Waals surface area contributed by atoms with Gasteiger partial charge in [-0.15, -0.1) is 0 Å². The quantitative estimate of drug-likeness (QED) is 0.501. The van der Waals surface area contributed by atoms with Crippen molar-refractivity contribution in [1.29, 1.82) is 0 Å². The molecule has 0 spiro atoms. The van der Waals surface area contributed by atoms with E-state index in [2.05, 4.69) is 0 Å². The van der Waals surface area contributed by atoms with Crippen molar-refractivity contribution in [3.05, 3.63) is 0 Å². The number of ketones is 4. The predicted octanol–water partition coefficient (Wildman–Crippen LogP) is 0.636. The Kier molecular flexibility index (Phi) is 6.48. The van der Waals surface area contributed by atoms with Crippen LogP contribution >= 0.6 is 0 Å². The molecule has 0 atom stereocenters. The van der Waals surface area contributed by atoms with E-state index in [4.69, 9.17) is 0 Å². The minimum absolute atomic E-state index is 0.217. The second-order valence-corrected chi connectivity index (χ2v) is 12.2. The molecule has 0 aliphatic heterocycles. The van der Waals surface area contributed by atoms with Gasteiger partial charge in [0.2, 0.25) is 0 Å². The first-order chi connectivity index (χ1) is 8.93. The molecule has 0 aliphatic rings. The van der Waals surface area contributed by atoms with Crippen molar-refractivity contribution in [3.63, 3.8) is 0 Å². The van der Waals surface area contributed by atoms with Crippen LogP contribution in [0.5, 0.6) is 0 Å². The molecule has 0 aromatic heterocycles. The zero-order valence-electron chi connectivity index (χ0n) is 12.3. The molecule has 0 aromatic rings. The third-order valence-electron chi connectivity index (χ3n) is 3.10. The number of Topliss-reactive ketones (excluding diaryl/α,β-unsaturated/α-hetero) is 4. The van der Waals surface area contributed by atoms with E-state index in [1.165, 1.54) is 6.92 Å². The van der Waals surface area contributed by atoms with Crippen LogP contribution < -0.4 is 0 Å². The Balaban J connectivity index is 5.84. The maximum atomic E-state index is 11.8. The molecular weight excluding hydrogens is 300 g/mol. The van der Waals surface area contributed by atoms with Gasteiger partial charge in [-0.2, -0.15) is 0 Å². The standard InChI is InChI=1S/2C5H7O2.C3H6.2H2O.Ti/c2*1-4(6)3-5(2)7;1-3-2;;;/h3H,1-2H3;1,3H2,2H3;1H,3H2,2H3;2*1H2;/q;;;;;+2/p-2. The molecule has 0 bridgehead atoms. The van der Waals surface area contributed by atoms with Crippen molar-refractivity contribution in [1.82, 2.24) is 0 Å². The van der Waals surface area contributed by atoms with E-state index in [1.54, 1.807) is 6.92 Å². The van der Waals surface area contributed by atoms with Gasteiger partial charge in [0.15, 0.2) is 0 Å². The summed E-state index contributed by atoms with van der Waals surface area (Å²) in [6.07, 6.45) is -0.213. The summed E-state index contributed by atoms with van der Waals surface area (Å²) in [6.45, 7) is 5.04. The Morgan fingerprint density at radius 3 is 1.80 bits per heavy atom. The van der Waals surface area contributed by atoms with Crippen LogP contribution in [0.2, 0.25) is 8.95 Å². The second-order valence-electron chi connectivity index (χ2n) is 5.37. The topological polar surface area (TPSA) is 109 Å². The Labute approximate surface area is 119 Å². The molecule has 0 aliphatic carbocycles. The van der Waals surface area contributed by atoms with Gasteiger partial charge >= 0.3 is 119 Å². The van der Waals surface area contributed by atoms with E-state index in [0.717, 1.165) is 18.2 Å². The van der Waals surface area contributed by atoms with Gasteiger partial charge in [0.25, 0.3) is 0 Å². The van der Waals surface area contributed by atoms with Crippen LogP contribution in [0.3, 0.4) is 0 Å². The predicted molar refractivity (Wildman–Crippen MR) is 71.0 cm³/mol. The van der Waals surface area contributed by atoms with Gasteiger partial charge in [-0.3, -0.25) is 0 Å². The number of carbonyl (C=O) groups is 4. The monoisotopic (exact) mass is 322 g/mol. The Bertz CT molecular complexity index is 497. The first kappa shape index (κ1) is 19.2. The normalized spacial score (nSPS) is 12.2. The first-order valence-corrected chi connectivity index (χ1v) is 10.8. The average molecular weight is 322 g/mol. The Morgan fingerprint density at radius 1 is 1.05 bits per heavy atom. The number of hydrogen-bond acceptors (Lipinski definition) is 6. The Morgan fingerprint density at radius 2 is 1.50 bits per heavy atom. The zero-order chi connectivity index (χ0) is 16.2. The van der Waals surface area contributed by atoms with Gasteiger partial charge in [0, 0.05) is 0 Å². The van der Waals surface area contributed by atoms with Crippen molar-refractivity contribution in [2.45, 2.75) is 49.5 Å². The molecule has 20 heavy (non-hydrogen) atoms. The SMILES string of the molecule is CC[CH]=[Ti]([OH])([OH])([CH2]C(=O)CC(C)=O)[CH](C(C)=O)C(C)=O. The van der Waals surface area contributed by atoms with Crippen LogP contribution in [-0.4, -0.2) is 34.8 Å².